The maximum atomic E-state index is 13.5. The monoisotopic (exact) mass is 515 g/mol. The SMILES string of the molecule is Cc1ccc([C@H](N=C(N)C(=Nc2ccc(C(F)(F)F)c(C(=O)N(C)C)c2O)NS)C(C)(C)C)s1. The van der Waals surface area contributed by atoms with Crippen LogP contribution in [0.2, 0.25) is 0 Å². The van der Waals surface area contributed by atoms with Gasteiger partial charge in [0, 0.05) is 23.8 Å². The smallest absolute Gasteiger partial charge is 0.417 e. The third-order valence-corrected chi connectivity index (χ3v) is 6.05. The number of halogens is 3. The topological polar surface area (TPSA) is 103 Å². The Labute approximate surface area is 206 Å². The molecule has 0 unspecified atom stereocenters. The van der Waals surface area contributed by atoms with Crippen LogP contribution in [0.5, 0.6) is 5.75 Å². The predicted octanol–water partition coefficient (Wildman–Crippen LogP) is 5.09. The number of amidine groups is 2. The maximum Gasteiger partial charge on any atom is 0.417 e. The first-order chi connectivity index (χ1) is 15.6. The zero-order valence-corrected chi connectivity index (χ0v) is 21.4. The van der Waals surface area contributed by atoms with Crippen molar-refractivity contribution >= 4 is 47.4 Å². The van der Waals surface area contributed by atoms with Crippen molar-refractivity contribution in [3.63, 3.8) is 0 Å². The number of aliphatic imine (C=N–C) groups is 2. The van der Waals surface area contributed by atoms with Crippen molar-refractivity contribution in [1.29, 1.82) is 0 Å². The Hall–Kier alpha value is -2.73. The zero-order valence-electron chi connectivity index (χ0n) is 19.7. The molecule has 0 saturated heterocycles. The molecule has 0 saturated carbocycles. The van der Waals surface area contributed by atoms with E-state index in [4.69, 9.17) is 5.73 Å². The largest absolute Gasteiger partial charge is 0.505 e. The summed E-state index contributed by atoms with van der Waals surface area (Å²) in [7, 11) is 2.56. The fraction of sp³-hybridized carbons (Fsp3) is 0.409. The molecular formula is C22H28F3N5O2S2. The number of hydrogen-bond donors (Lipinski definition) is 4. The van der Waals surface area contributed by atoms with Crippen LogP contribution in [0.15, 0.2) is 34.3 Å². The van der Waals surface area contributed by atoms with Crippen LogP contribution >= 0.6 is 24.2 Å². The first-order valence-corrected chi connectivity index (χ1v) is 11.4. The van der Waals surface area contributed by atoms with Gasteiger partial charge >= 0.3 is 6.18 Å². The number of nitrogens with one attached hydrogen (secondary N) is 1. The van der Waals surface area contributed by atoms with Crippen molar-refractivity contribution < 1.29 is 23.1 Å². The van der Waals surface area contributed by atoms with Crippen molar-refractivity contribution in [3.8, 4) is 5.75 Å². The van der Waals surface area contributed by atoms with Gasteiger partial charge in [0.15, 0.2) is 17.4 Å². The summed E-state index contributed by atoms with van der Waals surface area (Å²) >= 11 is 5.57. The molecule has 0 bridgehead atoms. The molecule has 2 aromatic rings. The number of carbonyl (C=O) groups excluding carboxylic acids is 1. The van der Waals surface area contributed by atoms with Crippen LogP contribution in [-0.2, 0) is 6.18 Å². The summed E-state index contributed by atoms with van der Waals surface area (Å²) in [6, 6.07) is 5.22. The van der Waals surface area contributed by atoms with E-state index in [9.17, 15) is 23.1 Å². The molecule has 0 fully saturated rings. The van der Waals surface area contributed by atoms with Gasteiger partial charge in [0.1, 0.15) is 5.69 Å². The van der Waals surface area contributed by atoms with E-state index in [1.54, 1.807) is 11.3 Å². The van der Waals surface area contributed by atoms with Gasteiger partial charge in [-0.3, -0.25) is 9.79 Å². The Kier molecular flexibility index (Phi) is 8.30. The fourth-order valence-corrected chi connectivity index (χ4v) is 4.42. The van der Waals surface area contributed by atoms with E-state index in [0.717, 1.165) is 20.7 Å². The van der Waals surface area contributed by atoms with Crippen molar-refractivity contribution in [2.24, 2.45) is 21.1 Å². The molecule has 0 aliphatic heterocycles. The zero-order chi connectivity index (χ0) is 26.0. The molecule has 34 heavy (non-hydrogen) atoms. The molecule has 0 spiro atoms. The van der Waals surface area contributed by atoms with Crippen molar-refractivity contribution in [2.75, 3.05) is 14.1 Å². The lowest BCUT2D eigenvalue weighted by molar-refractivity contribution is -0.138. The Balaban J connectivity index is 2.63. The van der Waals surface area contributed by atoms with Gasteiger partial charge in [-0.05, 0) is 36.6 Å². The van der Waals surface area contributed by atoms with Gasteiger partial charge in [0.25, 0.3) is 5.91 Å². The summed E-state index contributed by atoms with van der Waals surface area (Å²) in [5.41, 5.74) is 3.40. The molecule has 1 atom stereocenters. The number of thiophene rings is 1. The molecule has 7 nitrogen and oxygen atoms in total. The Morgan fingerprint density at radius 3 is 2.26 bits per heavy atom. The number of rotatable bonds is 4. The number of aromatic hydroxyl groups is 1. The molecule has 4 N–H and O–H groups in total. The molecular weight excluding hydrogens is 487 g/mol. The fourth-order valence-electron chi connectivity index (χ4n) is 3.09. The standard InChI is InChI=1S/C22H28F3N5O2S2/c1-11-7-10-14(34-11)17(21(2,3)4)28-18(26)19(29-33)27-13-9-8-12(22(23,24)25)15(16(13)31)20(32)30(5)6/h7-10,17,31,33H,1-6H3,(H2,26,28)(H,27,29)/t17-/m0/s1. The Bertz CT molecular complexity index is 1120. The van der Waals surface area contributed by atoms with E-state index in [1.807, 2.05) is 39.8 Å². The summed E-state index contributed by atoms with van der Waals surface area (Å²) in [6.07, 6.45) is -4.86. The molecule has 12 heteroatoms. The van der Waals surface area contributed by atoms with Crippen molar-refractivity contribution in [1.82, 2.24) is 9.62 Å². The lowest BCUT2D eigenvalue weighted by Gasteiger charge is -2.27. The van der Waals surface area contributed by atoms with Crippen LogP contribution in [-0.4, -0.2) is 41.7 Å². The third kappa shape index (κ3) is 6.23. The molecule has 1 aromatic heterocycles. The van der Waals surface area contributed by atoms with E-state index in [2.05, 4.69) is 27.5 Å². The summed E-state index contributed by atoms with van der Waals surface area (Å²) in [4.78, 5) is 24.2. The number of phenolic OH excluding ortho intramolecular Hbond substituents is 1. The summed E-state index contributed by atoms with van der Waals surface area (Å²) in [5, 5.41) is 10.6. The number of amides is 1. The van der Waals surface area contributed by atoms with E-state index >= 15 is 0 Å². The van der Waals surface area contributed by atoms with Gasteiger partial charge in [-0.15, -0.1) is 11.3 Å². The van der Waals surface area contributed by atoms with Gasteiger partial charge in [0.2, 0.25) is 0 Å². The van der Waals surface area contributed by atoms with Crippen molar-refractivity contribution in [2.45, 2.75) is 39.9 Å². The van der Waals surface area contributed by atoms with Crippen LogP contribution < -0.4 is 10.5 Å². The number of hydrogen-bond acceptors (Lipinski definition) is 6. The number of nitrogens with two attached hydrogens (primary N) is 1. The number of alkyl halides is 3. The van der Waals surface area contributed by atoms with Crippen LogP contribution in [0.4, 0.5) is 18.9 Å². The second kappa shape index (κ2) is 10.3. The lowest BCUT2D eigenvalue weighted by atomic mass is 9.86. The van der Waals surface area contributed by atoms with Gasteiger partial charge < -0.3 is 20.5 Å². The molecule has 0 radical (unpaired) electrons. The average Bonchev–Trinajstić information content (AvgIpc) is 3.14. The number of nitrogens with zero attached hydrogens (tertiary/aromatic N) is 3. The van der Waals surface area contributed by atoms with Crippen LogP contribution in [0, 0.1) is 12.3 Å². The summed E-state index contributed by atoms with van der Waals surface area (Å²) in [6.45, 7) is 7.96. The average molecular weight is 516 g/mol. The quantitative estimate of drug-likeness (QED) is 0.259. The van der Waals surface area contributed by atoms with Gasteiger partial charge in [-0.2, -0.15) is 13.2 Å². The summed E-state index contributed by atoms with van der Waals surface area (Å²) < 4.78 is 42.9. The van der Waals surface area contributed by atoms with Gasteiger partial charge in [-0.25, -0.2) is 4.99 Å². The number of benzene rings is 1. The first-order valence-electron chi connectivity index (χ1n) is 10.1. The molecule has 2 rings (SSSR count). The van der Waals surface area contributed by atoms with Crippen LogP contribution in [0.3, 0.4) is 0 Å². The van der Waals surface area contributed by atoms with E-state index < -0.39 is 29.0 Å². The number of thiol groups is 1. The maximum absolute atomic E-state index is 13.5. The molecule has 1 heterocycles. The normalized spacial score (nSPS) is 14.2. The minimum Gasteiger partial charge on any atom is -0.505 e. The number of aryl methyl sites for hydroxylation is 1. The Morgan fingerprint density at radius 2 is 1.82 bits per heavy atom. The number of carbonyl (C=O) groups is 1. The highest BCUT2D eigenvalue weighted by molar-refractivity contribution is 7.78. The van der Waals surface area contributed by atoms with Crippen molar-refractivity contribution in [3.05, 3.63) is 45.1 Å². The van der Waals surface area contributed by atoms with Crippen LogP contribution in [0.1, 0.15) is 52.5 Å². The molecule has 186 valence electrons. The van der Waals surface area contributed by atoms with E-state index in [0.29, 0.717) is 6.07 Å². The molecule has 0 aliphatic carbocycles. The highest BCUT2D eigenvalue weighted by atomic mass is 32.1. The molecule has 1 amide bonds. The first kappa shape index (κ1) is 27.5. The second-order valence-electron chi connectivity index (χ2n) is 8.86. The van der Waals surface area contributed by atoms with Gasteiger partial charge in [0.05, 0.1) is 17.2 Å². The highest BCUT2D eigenvalue weighted by Crippen LogP contribution is 2.42. The Morgan fingerprint density at radius 1 is 1.21 bits per heavy atom. The minimum absolute atomic E-state index is 0.0687. The minimum atomic E-state index is -4.86. The van der Waals surface area contributed by atoms with Crippen LogP contribution in [0.25, 0.3) is 0 Å². The number of phenols is 1. The predicted molar refractivity (Wildman–Crippen MR) is 133 cm³/mol. The van der Waals surface area contributed by atoms with E-state index in [-0.39, 0.29) is 28.8 Å². The molecule has 1 aromatic carbocycles. The van der Waals surface area contributed by atoms with Gasteiger partial charge in [-0.1, -0.05) is 33.6 Å². The lowest BCUT2D eigenvalue weighted by Crippen LogP contribution is -2.33. The second-order valence-corrected chi connectivity index (χ2v) is 10.4. The third-order valence-electron chi connectivity index (χ3n) is 4.78. The van der Waals surface area contributed by atoms with E-state index in [1.165, 1.54) is 14.1 Å². The summed E-state index contributed by atoms with van der Waals surface area (Å²) in [5.74, 6) is -2.11. The highest BCUT2D eigenvalue weighted by Gasteiger charge is 2.38. The molecule has 0 aliphatic rings.